The summed E-state index contributed by atoms with van der Waals surface area (Å²) in [6.07, 6.45) is 0. The summed E-state index contributed by atoms with van der Waals surface area (Å²) in [7, 11) is 1.60. The molecule has 1 aliphatic heterocycles. The molecule has 3 aromatic rings. The average molecular weight is 366 g/mol. The molecule has 0 bridgehead atoms. The number of anilines is 2. The zero-order chi connectivity index (χ0) is 18.6. The predicted molar refractivity (Wildman–Crippen MR) is 104 cm³/mol. The second-order valence-electron chi connectivity index (χ2n) is 6.44. The van der Waals surface area contributed by atoms with E-state index in [1.54, 1.807) is 7.11 Å². The lowest BCUT2D eigenvalue weighted by Gasteiger charge is -2.28. The van der Waals surface area contributed by atoms with Crippen molar-refractivity contribution < 1.29 is 18.7 Å². The van der Waals surface area contributed by atoms with E-state index in [-0.39, 0.29) is 11.7 Å². The van der Waals surface area contributed by atoms with Crippen molar-refractivity contribution in [2.24, 2.45) is 0 Å². The van der Waals surface area contributed by atoms with Gasteiger partial charge in [0.25, 0.3) is 5.91 Å². The molecule has 0 aliphatic carbocycles. The van der Waals surface area contributed by atoms with Gasteiger partial charge in [0.15, 0.2) is 5.76 Å². The Kier molecular flexibility index (Phi) is 5.09. The van der Waals surface area contributed by atoms with Gasteiger partial charge in [-0.2, -0.15) is 0 Å². The highest BCUT2D eigenvalue weighted by atomic mass is 16.5. The summed E-state index contributed by atoms with van der Waals surface area (Å²) in [4.78, 5) is 15.0. The molecule has 140 valence electrons. The third-order valence-corrected chi connectivity index (χ3v) is 4.69. The minimum Gasteiger partial charge on any atom is -0.451 e. The van der Waals surface area contributed by atoms with Gasteiger partial charge in [-0.1, -0.05) is 18.2 Å². The number of methoxy groups -OCH3 is 1. The van der Waals surface area contributed by atoms with Crippen molar-refractivity contribution in [1.82, 2.24) is 0 Å². The number of morpholine rings is 1. The number of furan rings is 1. The molecule has 1 fully saturated rings. The van der Waals surface area contributed by atoms with E-state index in [9.17, 15) is 4.79 Å². The second-order valence-corrected chi connectivity index (χ2v) is 6.44. The van der Waals surface area contributed by atoms with Crippen LogP contribution in [0.4, 0.5) is 11.4 Å². The Bertz CT molecular complexity index is 927. The Morgan fingerprint density at radius 3 is 2.59 bits per heavy atom. The quantitative estimate of drug-likeness (QED) is 0.746. The number of carbonyl (C=O) groups is 1. The Balaban J connectivity index is 1.53. The zero-order valence-electron chi connectivity index (χ0n) is 15.2. The molecular formula is C21H22N2O4. The smallest absolute Gasteiger partial charge is 0.291 e. The number of hydrogen-bond donors (Lipinski definition) is 1. The molecule has 6 heteroatoms. The van der Waals surface area contributed by atoms with Crippen LogP contribution < -0.4 is 10.2 Å². The van der Waals surface area contributed by atoms with Gasteiger partial charge in [0.05, 0.1) is 19.8 Å². The lowest BCUT2D eigenvalue weighted by atomic mass is 10.1. The summed E-state index contributed by atoms with van der Waals surface area (Å²) in [5.41, 5.74) is 3.29. The molecule has 1 amide bonds. The first-order valence-electron chi connectivity index (χ1n) is 8.99. The number of benzene rings is 2. The standard InChI is InChI=1S/C21H22N2O4/c1-25-14-18-17-4-2-3-5-19(17)27-20(18)21(24)22-15-6-8-16(9-7-15)23-10-12-26-13-11-23/h2-9H,10-14H2,1H3,(H,22,24). The normalized spacial score (nSPS) is 14.5. The maximum absolute atomic E-state index is 12.8. The van der Waals surface area contributed by atoms with E-state index in [4.69, 9.17) is 13.9 Å². The molecule has 1 aliphatic rings. The summed E-state index contributed by atoms with van der Waals surface area (Å²) in [6, 6.07) is 15.4. The van der Waals surface area contributed by atoms with Gasteiger partial charge in [0, 0.05) is 42.5 Å². The van der Waals surface area contributed by atoms with Crippen LogP contribution in [0.25, 0.3) is 11.0 Å². The number of fused-ring (bicyclic) bond motifs is 1. The minimum atomic E-state index is -0.280. The first-order valence-corrected chi connectivity index (χ1v) is 8.99. The van der Waals surface area contributed by atoms with Gasteiger partial charge in [-0.25, -0.2) is 0 Å². The molecule has 1 aromatic heterocycles. The van der Waals surface area contributed by atoms with Crippen molar-refractivity contribution in [1.29, 1.82) is 0 Å². The van der Waals surface area contributed by atoms with Crippen LogP contribution in [0.1, 0.15) is 16.1 Å². The highest BCUT2D eigenvalue weighted by Gasteiger charge is 2.20. The highest BCUT2D eigenvalue weighted by Crippen LogP contribution is 2.27. The fraction of sp³-hybridized carbons (Fsp3) is 0.286. The van der Waals surface area contributed by atoms with Gasteiger partial charge < -0.3 is 24.1 Å². The Morgan fingerprint density at radius 1 is 1.11 bits per heavy atom. The summed E-state index contributed by atoms with van der Waals surface area (Å²) >= 11 is 0. The molecule has 6 nitrogen and oxygen atoms in total. The van der Waals surface area contributed by atoms with Gasteiger partial charge in [-0.15, -0.1) is 0 Å². The molecule has 4 rings (SSSR count). The largest absolute Gasteiger partial charge is 0.451 e. The van der Waals surface area contributed by atoms with Crippen molar-refractivity contribution in [3.05, 3.63) is 59.9 Å². The van der Waals surface area contributed by atoms with Gasteiger partial charge in [-0.3, -0.25) is 4.79 Å². The van der Waals surface area contributed by atoms with E-state index >= 15 is 0 Å². The maximum atomic E-state index is 12.8. The average Bonchev–Trinajstić information content (AvgIpc) is 3.08. The number of ether oxygens (including phenoxy) is 2. The Labute approximate surface area is 157 Å². The number of carbonyl (C=O) groups excluding carboxylic acids is 1. The fourth-order valence-electron chi connectivity index (χ4n) is 3.33. The van der Waals surface area contributed by atoms with Gasteiger partial charge in [-0.05, 0) is 30.3 Å². The van der Waals surface area contributed by atoms with Crippen LogP contribution in [-0.2, 0) is 16.1 Å². The van der Waals surface area contributed by atoms with Crippen LogP contribution in [0.15, 0.2) is 52.9 Å². The molecule has 2 aromatic carbocycles. The van der Waals surface area contributed by atoms with Gasteiger partial charge in [0.2, 0.25) is 0 Å². The molecule has 1 saturated heterocycles. The van der Waals surface area contributed by atoms with Crippen LogP contribution in [-0.4, -0.2) is 39.3 Å². The summed E-state index contributed by atoms with van der Waals surface area (Å²) in [6.45, 7) is 3.56. The van der Waals surface area contributed by atoms with E-state index in [1.807, 2.05) is 48.5 Å². The Morgan fingerprint density at radius 2 is 1.85 bits per heavy atom. The molecule has 0 spiro atoms. The zero-order valence-corrected chi connectivity index (χ0v) is 15.2. The summed E-state index contributed by atoms with van der Waals surface area (Å²) in [5.74, 6) is 0.00711. The van der Waals surface area contributed by atoms with E-state index in [0.29, 0.717) is 12.2 Å². The Hall–Kier alpha value is -2.83. The van der Waals surface area contributed by atoms with Crippen molar-refractivity contribution in [3.8, 4) is 0 Å². The van der Waals surface area contributed by atoms with Crippen LogP contribution in [0, 0.1) is 0 Å². The van der Waals surface area contributed by atoms with E-state index in [2.05, 4.69) is 10.2 Å². The lowest BCUT2D eigenvalue weighted by Crippen LogP contribution is -2.36. The van der Waals surface area contributed by atoms with Crippen molar-refractivity contribution in [3.63, 3.8) is 0 Å². The van der Waals surface area contributed by atoms with Crippen molar-refractivity contribution >= 4 is 28.3 Å². The molecule has 0 atom stereocenters. The van der Waals surface area contributed by atoms with Gasteiger partial charge >= 0.3 is 0 Å². The van der Waals surface area contributed by atoms with Crippen LogP contribution in [0.3, 0.4) is 0 Å². The van der Waals surface area contributed by atoms with Crippen LogP contribution in [0.2, 0.25) is 0 Å². The number of hydrogen-bond acceptors (Lipinski definition) is 5. The van der Waals surface area contributed by atoms with Crippen molar-refractivity contribution in [2.75, 3.05) is 43.6 Å². The molecule has 2 heterocycles. The molecule has 1 N–H and O–H groups in total. The third-order valence-electron chi connectivity index (χ3n) is 4.69. The molecule has 0 radical (unpaired) electrons. The number of nitrogens with zero attached hydrogens (tertiary/aromatic N) is 1. The number of rotatable bonds is 5. The van der Waals surface area contributed by atoms with Crippen molar-refractivity contribution in [2.45, 2.75) is 6.61 Å². The van der Waals surface area contributed by atoms with E-state index < -0.39 is 0 Å². The topological polar surface area (TPSA) is 63.9 Å². The third kappa shape index (κ3) is 3.67. The van der Waals surface area contributed by atoms with E-state index in [1.165, 1.54) is 0 Å². The maximum Gasteiger partial charge on any atom is 0.291 e. The molecule has 0 unspecified atom stereocenters. The molecule has 0 saturated carbocycles. The number of nitrogens with one attached hydrogen (secondary N) is 1. The number of amides is 1. The molecule has 27 heavy (non-hydrogen) atoms. The first-order chi connectivity index (χ1) is 13.3. The van der Waals surface area contributed by atoms with E-state index in [0.717, 1.165) is 48.6 Å². The van der Waals surface area contributed by atoms with Crippen LogP contribution in [0.5, 0.6) is 0 Å². The van der Waals surface area contributed by atoms with Crippen LogP contribution >= 0.6 is 0 Å². The predicted octanol–water partition coefficient (Wildman–Crippen LogP) is 3.67. The fourth-order valence-corrected chi connectivity index (χ4v) is 3.33. The second kappa shape index (κ2) is 7.82. The summed E-state index contributed by atoms with van der Waals surface area (Å²) < 4.78 is 16.4. The molecular weight excluding hydrogens is 344 g/mol. The lowest BCUT2D eigenvalue weighted by molar-refractivity contribution is 0.0992. The minimum absolute atomic E-state index is 0.280. The van der Waals surface area contributed by atoms with Gasteiger partial charge in [0.1, 0.15) is 5.58 Å². The monoisotopic (exact) mass is 366 g/mol. The first kappa shape index (κ1) is 17.6. The number of para-hydroxylation sites is 1. The SMILES string of the molecule is COCc1c(C(=O)Nc2ccc(N3CCOCC3)cc2)oc2ccccc12. The summed E-state index contributed by atoms with van der Waals surface area (Å²) in [5, 5.41) is 3.81. The highest BCUT2D eigenvalue weighted by molar-refractivity contribution is 6.06.